The molecule has 0 unspecified atom stereocenters. The Labute approximate surface area is 180 Å². The number of phenols is 2. The smallest absolute Gasteiger partial charge is 0.257 e. The number of fused-ring (bicyclic) bond motifs is 1. The largest absolute Gasteiger partial charge is 0.504 e. The first-order valence-electron chi connectivity index (χ1n) is 9.91. The minimum Gasteiger partial charge on any atom is -0.504 e. The van der Waals surface area contributed by atoms with E-state index in [-0.39, 0.29) is 23.2 Å². The van der Waals surface area contributed by atoms with Crippen LogP contribution in [0.25, 0.3) is 0 Å². The molecule has 1 atom stereocenters. The van der Waals surface area contributed by atoms with E-state index in [0.29, 0.717) is 29.8 Å². The normalized spacial score (nSPS) is 15.2. The molecule has 1 heterocycles. The van der Waals surface area contributed by atoms with Crippen molar-refractivity contribution in [2.75, 3.05) is 26.1 Å². The van der Waals surface area contributed by atoms with Crippen LogP contribution in [0, 0.1) is 0 Å². The molecule has 0 spiro atoms. The summed E-state index contributed by atoms with van der Waals surface area (Å²) in [5, 5.41) is 23.6. The number of anilines is 1. The lowest BCUT2D eigenvalue weighted by Crippen LogP contribution is -2.44. The molecule has 3 aromatic carbocycles. The van der Waals surface area contributed by atoms with Crippen molar-refractivity contribution in [3.8, 4) is 23.0 Å². The quantitative estimate of drug-likeness (QED) is 0.524. The molecule has 160 valence electrons. The molecule has 31 heavy (non-hydrogen) atoms. The van der Waals surface area contributed by atoms with Crippen molar-refractivity contribution in [2.45, 2.75) is 12.6 Å². The van der Waals surface area contributed by atoms with Crippen molar-refractivity contribution in [2.24, 2.45) is 0 Å². The Balaban J connectivity index is 1.68. The molecule has 0 saturated carbocycles. The molecule has 0 aliphatic carbocycles. The average Bonchev–Trinajstić information content (AvgIpc) is 2.80. The highest BCUT2D eigenvalue weighted by atomic mass is 16.5. The first-order valence-corrected chi connectivity index (χ1v) is 9.91. The maximum atomic E-state index is 13.4. The van der Waals surface area contributed by atoms with Crippen LogP contribution in [0.1, 0.15) is 27.7 Å². The highest BCUT2D eigenvalue weighted by Gasteiger charge is 2.33. The molecule has 7 heteroatoms. The highest BCUT2D eigenvalue weighted by Crippen LogP contribution is 2.41. The molecule has 3 aromatic rings. The monoisotopic (exact) mass is 420 g/mol. The fourth-order valence-electron chi connectivity index (χ4n) is 3.76. The number of phenolic OH excluding ortho intramolecular Hbond substituents is 2. The number of methoxy groups -OCH3 is 2. The topological polar surface area (TPSA) is 91.3 Å². The average molecular weight is 420 g/mol. The molecule has 0 saturated heterocycles. The maximum Gasteiger partial charge on any atom is 0.257 e. The van der Waals surface area contributed by atoms with Crippen LogP contribution in [0.4, 0.5) is 5.69 Å². The van der Waals surface area contributed by atoms with Crippen molar-refractivity contribution in [1.82, 2.24) is 4.90 Å². The number of rotatable bonds is 6. The van der Waals surface area contributed by atoms with E-state index in [1.54, 1.807) is 24.1 Å². The second-order valence-electron chi connectivity index (χ2n) is 7.28. The van der Waals surface area contributed by atoms with Gasteiger partial charge in [-0.25, -0.2) is 0 Å². The van der Waals surface area contributed by atoms with E-state index < -0.39 is 6.17 Å². The molecular formula is C24H24N2O5. The third-order valence-corrected chi connectivity index (χ3v) is 5.44. The zero-order valence-corrected chi connectivity index (χ0v) is 17.3. The predicted octanol–water partition coefficient (Wildman–Crippen LogP) is 3.92. The minimum absolute atomic E-state index is 0.112. The van der Waals surface area contributed by atoms with Gasteiger partial charge in [0.25, 0.3) is 5.91 Å². The molecule has 1 aliphatic heterocycles. The molecule has 4 rings (SSSR count). The van der Waals surface area contributed by atoms with Gasteiger partial charge in [0.1, 0.15) is 11.9 Å². The maximum absolute atomic E-state index is 13.4. The lowest BCUT2D eigenvalue weighted by atomic mass is 10.0. The summed E-state index contributed by atoms with van der Waals surface area (Å²) in [6.07, 6.45) is 0.0955. The van der Waals surface area contributed by atoms with Crippen molar-refractivity contribution < 1.29 is 24.5 Å². The zero-order chi connectivity index (χ0) is 22.0. The lowest BCUT2D eigenvalue weighted by molar-refractivity contribution is 0.0685. The van der Waals surface area contributed by atoms with Crippen molar-refractivity contribution >= 4 is 11.6 Å². The Morgan fingerprint density at radius 3 is 2.45 bits per heavy atom. The molecule has 0 aromatic heterocycles. The lowest BCUT2D eigenvalue weighted by Gasteiger charge is -2.38. The van der Waals surface area contributed by atoms with E-state index in [9.17, 15) is 15.0 Å². The Bertz CT molecular complexity index is 1100. The molecule has 3 N–H and O–H groups in total. The summed E-state index contributed by atoms with van der Waals surface area (Å²) < 4.78 is 10.4. The van der Waals surface area contributed by atoms with Crippen LogP contribution in [0.3, 0.4) is 0 Å². The number of ether oxygens (including phenoxy) is 2. The summed E-state index contributed by atoms with van der Waals surface area (Å²) in [4.78, 5) is 15.1. The molecule has 0 fully saturated rings. The van der Waals surface area contributed by atoms with Gasteiger partial charge in [0.2, 0.25) is 5.75 Å². The molecule has 1 aliphatic rings. The SMILES string of the molecule is COc1ccc(CCN2C(=O)c3ccccc3N[C@@H]2c2cc(O)c(O)c(OC)c2)cc1. The van der Waals surface area contributed by atoms with Gasteiger partial charge in [0.05, 0.1) is 19.8 Å². The van der Waals surface area contributed by atoms with Gasteiger partial charge in [0, 0.05) is 17.8 Å². The van der Waals surface area contributed by atoms with Gasteiger partial charge in [-0.05, 0) is 48.4 Å². The van der Waals surface area contributed by atoms with E-state index in [1.807, 2.05) is 42.5 Å². The van der Waals surface area contributed by atoms with E-state index in [4.69, 9.17) is 9.47 Å². The van der Waals surface area contributed by atoms with E-state index in [1.165, 1.54) is 13.2 Å². The summed E-state index contributed by atoms with van der Waals surface area (Å²) in [6, 6.07) is 18.1. The number of aromatic hydroxyl groups is 2. The number of nitrogens with one attached hydrogen (secondary N) is 1. The van der Waals surface area contributed by atoms with Crippen LogP contribution in [-0.4, -0.2) is 41.8 Å². The number of hydrogen-bond acceptors (Lipinski definition) is 6. The van der Waals surface area contributed by atoms with Gasteiger partial charge in [-0.3, -0.25) is 4.79 Å². The third-order valence-electron chi connectivity index (χ3n) is 5.44. The summed E-state index contributed by atoms with van der Waals surface area (Å²) >= 11 is 0. The minimum atomic E-state index is -0.541. The fourth-order valence-corrected chi connectivity index (χ4v) is 3.76. The van der Waals surface area contributed by atoms with Crippen LogP contribution in [0.15, 0.2) is 60.7 Å². The molecular weight excluding hydrogens is 396 g/mol. The number of nitrogens with zero attached hydrogens (tertiary/aromatic N) is 1. The predicted molar refractivity (Wildman–Crippen MR) is 117 cm³/mol. The van der Waals surface area contributed by atoms with Crippen LogP contribution < -0.4 is 14.8 Å². The van der Waals surface area contributed by atoms with Crippen molar-refractivity contribution in [3.05, 3.63) is 77.4 Å². The Kier molecular flexibility index (Phi) is 5.58. The highest BCUT2D eigenvalue weighted by molar-refractivity contribution is 6.01. The summed E-state index contributed by atoms with van der Waals surface area (Å²) in [7, 11) is 3.03. The number of amides is 1. The van der Waals surface area contributed by atoms with Gasteiger partial charge in [-0.2, -0.15) is 0 Å². The fraction of sp³-hybridized carbons (Fsp3) is 0.208. The molecule has 1 amide bonds. The van der Waals surface area contributed by atoms with Gasteiger partial charge in [0.15, 0.2) is 11.5 Å². The second kappa shape index (κ2) is 8.47. The number of hydrogen-bond donors (Lipinski definition) is 3. The van der Waals surface area contributed by atoms with Gasteiger partial charge in [-0.15, -0.1) is 0 Å². The molecule has 7 nitrogen and oxygen atoms in total. The number of para-hydroxylation sites is 1. The number of carbonyl (C=O) groups excluding carboxylic acids is 1. The van der Waals surface area contributed by atoms with E-state index in [0.717, 1.165) is 11.3 Å². The number of benzene rings is 3. The Morgan fingerprint density at radius 2 is 1.74 bits per heavy atom. The van der Waals surface area contributed by atoms with E-state index in [2.05, 4.69) is 5.32 Å². The van der Waals surface area contributed by atoms with Crippen LogP contribution in [-0.2, 0) is 6.42 Å². The molecule has 0 bridgehead atoms. The van der Waals surface area contributed by atoms with Gasteiger partial charge < -0.3 is 29.9 Å². The number of carbonyl (C=O) groups is 1. The summed E-state index contributed by atoms with van der Waals surface area (Å²) in [6.45, 7) is 0.446. The van der Waals surface area contributed by atoms with Crippen LogP contribution in [0.2, 0.25) is 0 Å². The Morgan fingerprint density at radius 1 is 1.00 bits per heavy atom. The zero-order valence-electron chi connectivity index (χ0n) is 17.3. The van der Waals surface area contributed by atoms with Gasteiger partial charge >= 0.3 is 0 Å². The van der Waals surface area contributed by atoms with Gasteiger partial charge in [-0.1, -0.05) is 24.3 Å². The van der Waals surface area contributed by atoms with Crippen LogP contribution in [0.5, 0.6) is 23.0 Å². The second-order valence-corrected chi connectivity index (χ2v) is 7.28. The third kappa shape index (κ3) is 3.94. The summed E-state index contributed by atoms with van der Waals surface area (Å²) in [5.74, 6) is 0.159. The first-order chi connectivity index (χ1) is 15.0. The van der Waals surface area contributed by atoms with E-state index >= 15 is 0 Å². The van der Waals surface area contributed by atoms with Crippen molar-refractivity contribution in [3.63, 3.8) is 0 Å². The first kappa shape index (κ1) is 20.4. The standard InChI is InChI=1S/C24H24N2O5/c1-30-17-9-7-15(8-10-17)11-12-26-23(16-13-20(27)22(28)21(14-16)31-2)25-19-6-4-3-5-18(19)24(26)29/h3-10,13-14,23,25,27-28H,11-12H2,1-2H3/t23-/m0/s1. The Hall–Kier alpha value is -3.87. The molecule has 0 radical (unpaired) electrons. The van der Waals surface area contributed by atoms with Crippen molar-refractivity contribution in [1.29, 1.82) is 0 Å². The summed E-state index contributed by atoms with van der Waals surface area (Å²) in [5.41, 5.74) is 2.97. The van der Waals surface area contributed by atoms with Crippen LogP contribution >= 0.6 is 0 Å².